The predicted octanol–water partition coefficient (Wildman–Crippen LogP) is 3.81. The second-order valence-corrected chi connectivity index (χ2v) is 10.3. The molecule has 0 aromatic heterocycles. The number of rotatable bonds is 9. The van der Waals surface area contributed by atoms with Crippen LogP contribution < -0.4 is 23.8 Å². The molecule has 37 heavy (non-hydrogen) atoms. The van der Waals surface area contributed by atoms with Crippen molar-refractivity contribution >= 4 is 38.9 Å². The first kappa shape index (κ1) is 26.0. The number of nitro benzene ring substituents is 1. The van der Waals surface area contributed by atoms with Crippen molar-refractivity contribution in [3.8, 4) is 17.2 Å². The lowest BCUT2D eigenvalue weighted by Crippen LogP contribution is -2.41. The summed E-state index contributed by atoms with van der Waals surface area (Å²) in [5, 5.41) is 14.3. The molecule has 0 spiro atoms. The van der Waals surface area contributed by atoms with Gasteiger partial charge in [0.05, 0.1) is 22.6 Å². The summed E-state index contributed by atoms with van der Waals surface area (Å²) in [6, 6.07) is 13.0. The average molecular weight is 548 g/mol. The topological polar surface area (TPSA) is 137 Å². The second-order valence-electron chi connectivity index (χ2n) is 8.00. The standard InChI is InChI=1S/C24H22ClN3O8S/c1-15-3-6-18(11-19(15)28(30)31)37(32,33)27(20-10-17(25)5-8-21(20)34-2)13-24(29)26-12-16-4-7-22-23(9-16)36-14-35-22/h3-11H,12-14H2,1-2H3,(H,26,29). The fourth-order valence-electron chi connectivity index (χ4n) is 3.67. The lowest BCUT2D eigenvalue weighted by molar-refractivity contribution is -0.385. The third kappa shape index (κ3) is 5.54. The van der Waals surface area contributed by atoms with Gasteiger partial charge in [-0.1, -0.05) is 23.7 Å². The molecular weight excluding hydrogens is 526 g/mol. The molecule has 3 aromatic carbocycles. The quantitative estimate of drug-likeness (QED) is 0.315. The van der Waals surface area contributed by atoms with E-state index in [9.17, 15) is 23.3 Å². The van der Waals surface area contributed by atoms with Crippen molar-refractivity contribution in [3.05, 3.63) is 80.9 Å². The zero-order valence-corrected chi connectivity index (χ0v) is 21.3. The van der Waals surface area contributed by atoms with Crippen molar-refractivity contribution in [2.45, 2.75) is 18.4 Å². The van der Waals surface area contributed by atoms with Crippen LogP contribution >= 0.6 is 11.6 Å². The highest BCUT2D eigenvalue weighted by atomic mass is 35.5. The summed E-state index contributed by atoms with van der Waals surface area (Å²) in [4.78, 5) is 23.4. The van der Waals surface area contributed by atoms with Gasteiger partial charge in [0.25, 0.3) is 15.7 Å². The van der Waals surface area contributed by atoms with Gasteiger partial charge in [0.1, 0.15) is 12.3 Å². The molecule has 0 unspecified atom stereocenters. The minimum absolute atomic E-state index is 0.00328. The molecule has 1 aliphatic rings. The van der Waals surface area contributed by atoms with Crippen molar-refractivity contribution in [1.29, 1.82) is 0 Å². The lowest BCUT2D eigenvalue weighted by atomic mass is 10.2. The zero-order valence-electron chi connectivity index (χ0n) is 19.8. The Morgan fingerprint density at radius 3 is 2.62 bits per heavy atom. The highest BCUT2D eigenvalue weighted by molar-refractivity contribution is 7.92. The van der Waals surface area contributed by atoms with Gasteiger partial charge in [-0.2, -0.15) is 0 Å². The first-order chi connectivity index (χ1) is 17.6. The number of sulfonamides is 1. The second kappa shape index (κ2) is 10.5. The number of anilines is 1. The van der Waals surface area contributed by atoms with Crippen molar-refractivity contribution in [2.24, 2.45) is 0 Å². The van der Waals surface area contributed by atoms with E-state index < -0.39 is 27.4 Å². The number of benzene rings is 3. The van der Waals surface area contributed by atoms with Crippen LogP contribution in [0.5, 0.6) is 17.2 Å². The van der Waals surface area contributed by atoms with Crippen LogP contribution in [-0.2, 0) is 21.4 Å². The summed E-state index contributed by atoms with van der Waals surface area (Å²) in [5.74, 6) is 0.635. The smallest absolute Gasteiger partial charge is 0.273 e. The zero-order chi connectivity index (χ0) is 26.7. The van der Waals surface area contributed by atoms with E-state index in [1.54, 1.807) is 18.2 Å². The largest absolute Gasteiger partial charge is 0.495 e. The number of nitrogens with zero attached hydrogens (tertiary/aromatic N) is 2. The number of ether oxygens (including phenoxy) is 3. The number of hydrogen-bond acceptors (Lipinski definition) is 8. The Hall–Kier alpha value is -4.03. The van der Waals surface area contributed by atoms with Crippen LogP contribution in [0.25, 0.3) is 0 Å². The number of carbonyl (C=O) groups is 1. The van der Waals surface area contributed by atoms with Gasteiger partial charge in [-0.3, -0.25) is 19.2 Å². The fourth-order valence-corrected chi connectivity index (χ4v) is 5.28. The number of fused-ring (bicyclic) bond motifs is 1. The highest BCUT2D eigenvalue weighted by Gasteiger charge is 2.31. The summed E-state index contributed by atoms with van der Waals surface area (Å²) in [6.45, 7) is 1.05. The lowest BCUT2D eigenvalue weighted by Gasteiger charge is -2.26. The van der Waals surface area contributed by atoms with Crippen molar-refractivity contribution in [2.75, 3.05) is 24.8 Å². The van der Waals surface area contributed by atoms with Gasteiger partial charge >= 0.3 is 0 Å². The number of nitro groups is 1. The predicted molar refractivity (Wildman–Crippen MR) is 135 cm³/mol. The number of methoxy groups -OCH3 is 1. The summed E-state index contributed by atoms with van der Waals surface area (Å²) < 4.78 is 44.2. The Kier molecular flexibility index (Phi) is 7.41. The van der Waals surface area contributed by atoms with Crippen LogP contribution in [0.15, 0.2) is 59.5 Å². The van der Waals surface area contributed by atoms with Gasteiger partial charge in [-0.25, -0.2) is 8.42 Å². The van der Waals surface area contributed by atoms with Crippen LogP contribution in [0.2, 0.25) is 5.02 Å². The minimum atomic E-state index is -4.47. The molecular formula is C24H22ClN3O8S. The van der Waals surface area contributed by atoms with Gasteiger partial charge in [0.15, 0.2) is 11.5 Å². The molecule has 1 aliphatic heterocycles. The molecule has 0 saturated heterocycles. The Labute approximate surface area is 217 Å². The summed E-state index contributed by atoms with van der Waals surface area (Å²) in [6.07, 6.45) is 0. The van der Waals surface area contributed by atoms with E-state index in [4.69, 9.17) is 25.8 Å². The molecule has 0 radical (unpaired) electrons. The van der Waals surface area contributed by atoms with E-state index in [1.165, 1.54) is 44.4 Å². The summed E-state index contributed by atoms with van der Waals surface area (Å²) >= 11 is 6.14. The van der Waals surface area contributed by atoms with Crippen LogP contribution in [0.4, 0.5) is 11.4 Å². The molecule has 4 rings (SSSR count). The maximum absolute atomic E-state index is 13.7. The molecule has 0 atom stereocenters. The molecule has 194 valence electrons. The van der Waals surface area contributed by atoms with E-state index in [-0.39, 0.29) is 45.9 Å². The van der Waals surface area contributed by atoms with Crippen molar-refractivity contribution < 1.29 is 32.3 Å². The van der Waals surface area contributed by atoms with Gasteiger partial charge in [0, 0.05) is 23.2 Å². The van der Waals surface area contributed by atoms with Crippen LogP contribution in [0, 0.1) is 17.0 Å². The molecule has 0 fully saturated rings. The number of aryl methyl sites for hydroxylation is 1. The molecule has 1 N–H and O–H groups in total. The highest BCUT2D eigenvalue weighted by Crippen LogP contribution is 2.36. The molecule has 13 heteroatoms. The number of halogens is 1. The van der Waals surface area contributed by atoms with E-state index in [0.717, 1.165) is 10.4 Å². The molecule has 1 heterocycles. The van der Waals surface area contributed by atoms with Gasteiger partial charge in [-0.05, 0) is 48.9 Å². The SMILES string of the molecule is COc1ccc(Cl)cc1N(CC(=O)NCc1ccc2c(c1)OCO2)S(=O)(=O)c1ccc(C)c([N+](=O)[O-])c1. The molecule has 0 aliphatic carbocycles. The number of nitrogens with one attached hydrogen (secondary N) is 1. The van der Waals surface area contributed by atoms with Gasteiger partial charge in [-0.15, -0.1) is 0 Å². The normalized spacial score (nSPS) is 12.2. The molecule has 3 aromatic rings. The summed E-state index contributed by atoms with van der Waals surface area (Å²) in [5.41, 5.74) is 0.626. The van der Waals surface area contributed by atoms with Crippen LogP contribution in [-0.4, -0.2) is 39.7 Å². The third-order valence-electron chi connectivity index (χ3n) is 5.59. The van der Waals surface area contributed by atoms with E-state index in [1.807, 2.05) is 0 Å². The molecule has 0 saturated carbocycles. The number of carbonyl (C=O) groups excluding carboxylic acids is 1. The van der Waals surface area contributed by atoms with Crippen LogP contribution in [0.1, 0.15) is 11.1 Å². The van der Waals surface area contributed by atoms with E-state index >= 15 is 0 Å². The Bertz CT molecular complexity index is 1480. The molecule has 0 bridgehead atoms. The minimum Gasteiger partial charge on any atom is -0.495 e. The van der Waals surface area contributed by atoms with Crippen LogP contribution in [0.3, 0.4) is 0 Å². The monoisotopic (exact) mass is 547 g/mol. The maximum Gasteiger partial charge on any atom is 0.273 e. The number of hydrogen-bond donors (Lipinski definition) is 1. The Balaban J connectivity index is 1.66. The van der Waals surface area contributed by atoms with Gasteiger partial charge < -0.3 is 19.5 Å². The Morgan fingerprint density at radius 1 is 1.14 bits per heavy atom. The third-order valence-corrected chi connectivity index (χ3v) is 7.58. The fraction of sp³-hybridized carbons (Fsp3) is 0.208. The first-order valence-corrected chi connectivity index (χ1v) is 12.7. The van der Waals surface area contributed by atoms with E-state index in [2.05, 4.69) is 5.32 Å². The maximum atomic E-state index is 13.7. The number of amides is 1. The Morgan fingerprint density at radius 2 is 1.89 bits per heavy atom. The summed E-state index contributed by atoms with van der Waals surface area (Å²) in [7, 11) is -3.13. The molecule has 11 nitrogen and oxygen atoms in total. The van der Waals surface area contributed by atoms with E-state index in [0.29, 0.717) is 17.1 Å². The van der Waals surface area contributed by atoms with Gasteiger partial charge in [0.2, 0.25) is 12.7 Å². The first-order valence-electron chi connectivity index (χ1n) is 10.9. The van der Waals surface area contributed by atoms with Crippen molar-refractivity contribution in [1.82, 2.24) is 5.32 Å². The molecule has 1 amide bonds. The van der Waals surface area contributed by atoms with Crippen molar-refractivity contribution in [3.63, 3.8) is 0 Å². The average Bonchev–Trinajstić information content (AvgIpc) is 3.34.